The van der Waals surface area contributed by atoms with Crippen molar-refractivity contribution in [2.45, 2.75) is 31.1 Å². The minimum Gasteiger partial charge on any atom is -0.299 e. The highest BCUT2D eigenvalue weighted by atomic mass is 32.2. The summed E-state index contributed by atoms with van der Waals surface area (Å²) in [5.41, 5.74) is 2.25. The predicted molar refractivity (Wildman–Crippen MR) is 80.2 cm³/mol. The SMILES string of the molecule is Cc1nc(CC(=O)C2CSc3ccccc32)sc1C. The molecule has 98 valence electrons. The average Bonchev–Trinajstić information content (AvgIpc) is 2.94. The third-order valence-electron chi connectivity index (χ3n) is 3.49. The zero-order valence-corrected chi connectivity index (χ0v) is 12.6. The molecule has 0 amide bonds. The van der Waals surface area contributed by atoms with E-state index in [1.807, 2.05) is 19.1 Å². The van der Waals surface area contributed by atoms with Gasteiger partial charge in [0, 0.05) is 15.5 Å². The fourth-order valence-corrected chi connectivity index (χ4v) is 4.52. The summed E-state index contributed by atoms with van der Waals surface area (Å²) in [6, 6.07) is 8.23. The zero-order valence-electron chi connectivity index (χ0n) is 11.0. The lowest BCUT2D eigenvalue weighted by atomic mass is 9.95. The normalized spacial score (nSPS) is 17.5. The molecule has 1 aromatic heterocycles. The Bertz CT molecular complexity index is 613. The zero-order chi connectivity index (χ0) is 13.4. The van der Waals surface area contributed by atoms with E-state index in [4.69, 9.17) is 0 Å². The van der Waals surface area contributed by atoms with Crippen molar-refractivity contribution in [3.8, 4) is 0 Å². The standard InChI is InChI=1S/C15H15NOS2/c1-9-10(2)19-15(16-9)7-13(17)12-8-18-14-6-4-3-5-11(12)14/h3-6,12H,7-8H2,1-2H3. The summed E-state index contributed by atoms with van der Waals surface area (Å²) in [7, 11) is 0. The molecule has 0 bridgehead atoms. The number of aromatic nitrogens is 1. The van der Waals surface area contributed by atoms with Gasteiger partial charge in [0.1, 0.15) is 10.8 Å². The van der Waals surface area contributed by atoms with Crippen LogP contribution in [0.2, 0.25) is 0 Å². The van der Waals surface area contributed by atoms with E-state index in [0.717, 1.165) is 16.5 Å². The number of aryl methyl sites for hydroxylation is 2. The molecule has 1 atom stereocenters. The molecule has 0 radical (unpaired) electrons. The Hall–Kier alpha value is -1.13. The number of thiazole rings is 1. The Kier molecular flexibility index (Phi) is 3.46. The molecule has 2 heterocycles. The Labute approximate surface area is 121 Å². The molecule has 2 nitrogen and oxygen atoms in total. The number of hydrogen-bond donors (Lipinski definition) is 0. The maximum absolute atomic E-state index is 12.5. The Balaban J connectivity index is 1.79. The largest absolute Gasteiger partial charge is 0.299 e. The van der Waals surface area contributed by atoms with Crippen molar-refractivity contribution < 1.29 is 4.79 Å². The molecular weight excluding hydrogens is 274 g/mol. The fourth-order valence-electron chi connectivity index (χ4n) is 2.32. The molecule has 0 saturated carbocycles. The number of carbonyl (C=O) groups is 1. The second kappa shape index (κ2) is 5.10. The summed E-state index contributed by atoms with van der Waals surface area (Å²) in [4.78, 5) is 19.4. The number of rotatable bonds is 3. The molecular formula is C15H15NOS2. The van der Waals surface area contributed by atoms with Crippen LogP contribution in [0.5, 0.6) is 0 Å². The second-order valence-electron chi connectivity index (χ2n) is 4.79. The van der Waals surface area contributed by atoms with Gasteiger partial charge in [-0.25, -0.2) is 4.98 Å². The van der Waals surface area contributed by atoms with E-state index in [1.165, 1.54) is 15.3 Å². The molecule has 0 N–H and O–H groups in total. The van der Waals surface area contributed by atoms with Crippen molar-refractivity contribution in [3.05, 3.63) is 45.4 Å². The number of carbonyl (C=O) groups excluding carboxylic acids is 1. The third kappa shape index (κ3) is 2.47. The monoisotopic (exact) mass is 289 g/mol. The molecule has 2 aromatic rings. The lowest BCUT2D eigenvalue weighted by Gasteiger charge is -2.08. The van der Waals surface area contributed by atoms with Gasteiger partial charge >= 0.3 is 0 Å². The summed E-state index contributed by atoms with van der Waals surface area (Å²) >= 11 is 3.43. The molecule has 1 unspecified atom stereocenters. The second-order valence-corrected chi connectivity index (χ2v) is 7.14. The number of nitrogens with zero attached hydrogens (tertiary/aromatic N) is 1. The molecule has 3 rings (SSSR count). The maximum Gasteiger partial charge on any atom is 0.148 e. The van der Waals surface area contributed by atoms with Gasteiger partial charge in [0.2, 0.25) is 0 Å². The van der Waals surface area contributed by atoms with E-state index in [9.17, 15) is 4.79 Å². The van der Waals surface area contributed by atoms with Crippen molar-refractivity contribution in [3.63, 3.8) is 0 Å². The summed E-state index contributed by atoms with van der Waals surface area (Å²) in [5.74, 6) is 1.22. The van der Waals surface area contributed by atoms with Crippen molar-refractivity contribution >= 4 is 28.9 Å². The highest BCUT2D eigenvalue weighted by Gasteiger charge is 2.29. The van der Waals surface area contributed by atoms with Crippen LogP contribution in [-0.4, -0.2) is 16.5 Å². The van der Waals surface area contributed by atoms with Crippen LogP contribution in [0.1, 0.15) is 27.1 Å². The molecule has 1 aromatic carbocycles. The van der Waals surface area contributed by atoms with Gasteiger partial charge in [0.25, 0.3) is 0 Å². The van der Waals surface area contributed by atoms with E-state index >= 15 is 0 Å². The van der Waals surface area contributed by atoms with Gasteiger partial charge < -0.3 is 0 Å². The smallest absolute Gasteiger partial charge is 0.148 e. The van der Waals surface area contributed by atoms with Crippen molar-refractivity contribution in [2.75, 3.05) is 5.75 Å². The topological polar surface area (TPSA) is 30.0 Å². The quantitative estimate of drug-likeness (QED) is 0.861. The molecule has 19 heavy (non-hydrogen) atoms. The van der Waals surface area contributed by atoms with Crippen molar-refractivity contribution in [1.82, 2.24) is 4.98 Å². The van der Waals surface area contributed by atoms with E-state index in [-0.39, 0.29) is 5.92 Å². The van der Waals surface area contributed by atoms with Crippen LogP contribution in [0.3, 0.4) is 0 Å². The highest BCUT2D eigenvalue weighted by molar-refractivity contribution is 7.99. The minimum atomic E-state index is 0.0470. The van der Waals surface area contributed by atoms with E-state index in [1.54, 1.807) is 23.1 Å². The molecule has 0 aliphatic carbocycles. The van der Waals surface area contributed by atoms with Crippen LogP contribution in [0, 0.1) is 13.8 Å². The number of Topliss-reactive ketones (excluding diaryl/α,β-unsaturated/α-hetero) is 1. The number of thioether (sulfide) groups is 1. The van der Waals surface area contributed by atoms with Crippen LogP contribution < -0.4 is 0 Å². The Morgan fingerprint density at radius 1 is 1.37 bits per heavy atom. The van der Waals surface area contributed by atoms with Crippen molar-refractivity contribution in [2.24, 2.45) is 0 Å². The minimum absolute atomic E-state index is 0.0470. The van der Waals surface area contributed by atoms with Gasteiger partial charge in [-0.1, -0.05) is 18.2 Å². The van der Waals surface area contributed by atoms with Crippen LogP contribution in [0.25, 0.3) is 0 Å². The number of hydrogen-bond acceptors (Lipinski definition) is 4. The third-order valence-corrected chi connectivity index (χ3v) is 5.74. The van der Waals surface area contributed by atoms with Crippen LogP contribution in [0.15, 0.2) is 29.2 Å². The van der Waals surface area contributed by atoms with E-state index in [2.05, 4.69) is 24.0 Å². The van der Waals surface area contributed by atoms with Gasteiger partial charge in [-0.05, 0) is 25.5 Å². The van der Waals surface area contributed by atoms with Crippen LogP contribution in [-0.2, 0) is 11.2 Å². The average molecular weight is 289 g/mol. The molecule has 0 saturated heterocycles. The molecule has 4 heteroatoms. The van der Waals surface area contributed by atoms with Gasteiger partial charge in [-0.15, -0.1) is 23.1 Å². The lowest BCUT2D eigenvalue weighted by molar-refractivity contribution is -0.119. The Morgan fingerprint density at radius 2 is 2.16 bits per heavy atom. The van der Waals surface area contributed by atoms with Crippen LogP contribution >= 0.6 is 23.1 Å². The van der Waals surface area contributed by atoms with Gasteiger partial charge in [-0.2, -0.15) is 0 Å². The highest BCUT2D eigenvalue weighted by Crippen LogP contribution is 2.40. The van der Waals surface area contributed by atoms with Gasteiger partial charge in [0.15, 0.2) is 0 Å². The molecule has 1 aliphatic rings. The van der Waals surface area contributed by atoms with Gasteiger partial charge in [-0.3, -0.25) is 4.79 Å². The molecule has 0 spiro atoms. The first-order valence-electron chi connectivity index (χ1n) is 6.32. The Morgan fingerprint density at radius 3 is 2.89 bits per heavy atom. The first-order chi connectivity index (χ1) is 9.15. The number of fused-ring (bicyclic) bond motifs is 1. The summed E-state index contributed by atoms with van der Waals surface area (Å²) in [5, 5.41) is 0.953. The van der Waals surface area contributed by atoms with Crippen molar-refractivity contribution in [1.29, 1.82) is 0 Å². The van der Waals surface area contributed by atoms with E-state index < -0.39 is 0 Å². The molecule has 0 fully saturated rings. The first kappa shape index (κ1) is 12.9. The number of ketones is 1. The van der Waals surface area contributed by atoms with Crippen LogP contribution in [0.4, 0.5) is 0 Å². The van der Waals surface area contributed by atoms with Gasteiger partial charge in [0.05, 0.1) is 18.0 Å². The molecule has 1 aliphatic heterocycles. The summed E-state index contributed by atoms with van der Waals surface area (Å²) in [6.07, 6.45) is 0.471. The number of benzene rings is 1. The summed E-state index contributed by atoms with van der Waals surface area (Å²) in [6.45, 7) is 4.06. The fraction of sp³-hybridized carbons (Fsp3) is 0.333. The summed E-state index contributed by atoms with van der Waals surface area (Å²) < 4.78 is 0. The maximum atomic E-state index is 12.5. The first-order valence-corrected chi connectivity index (χ1v) is 8.12. The lowest BCUT2D eigenvalue weighted by Crippen LogP contribution is -2.14. The van der Waals surface area contributed by atoms with E-state index in [0.29, 0.717) is 12.2 Å². The predicted octanol–water partition coefficient (Wildman–Crippen LogP) is 3.76.